The van der Waals surface area contributed by atoms with Crippen LogP contribution < -0.4 is 4.90 Å². The Kier molecular flexibility index (Phi) is 5.72. The molecule has 1 saturated carbocycles. The highest BCUT2D eigenvalue weighted by Crippen LogP contribution is 2.28. The van der Waals surface area contributed by atoms with Crippen LogP contribution in [-0.2, 0) is 11.2 Å². The molecule has 2 heterocycles. The van der Waals surface area contributed by atoms with Crippen LogP contribution in [0, 0.1) is 5.92 Å². The zero-order chi connectivity index (χ0) is 18.6. The molecule has 2 fully saturated rings. The second-order valence-corrected chi connectivity index (χ2v) is 8.55. The van der Waals surface area contributed by atoms with Gasteiger partial charge >= 0.3 is 0 Å². The van der Waals surface area contributed by atoms with E-state index in [0.29, 0.717) is 5.91 Å². The highest BCUT2D eigenvalue weighted by atomic mass is 32.1. The first-order valence-electron chi connectivity index (χ1n) is 10.1. The second-order valence-electron chi connectivity index (χ2n) is 7.82. The van der Waals surface area contributed by atoms with E-state index in [9.17, 15) is 4.79 Å². The van der Waals surface area contributed by atoms with Crippen LogP contribution in [0.3, 0.4) is 0 Å². The third-order valence-corrected chi connectivity index (χ3v) is 6.61. The Labute approximate surface area is 165 Å². The van der Waals surface area contributed by atoms with E-state index in [-0.39, 0.29) is 12.0 Å². The first-order valence-corrected chi connectivity index (χ1v) is 10.9. The van der Waals surface area contributed by atoms with Crippen LogP contribution in [0.2, 0.25) is 0 Å². The summed E-state index contributed by atoms with van der Waals surface area (Å²) in [5, 5.41) is 0.984. The van der Waals surface area contributed by atoms with Gasteiger partial charge in [0.25, 0.3) is 0 Å². The number of benzene rings is 1. The number of carbonyl (C=O) groups is 1. The third-order valence-electron chi connectivity index (χ3n) is 5.80. The summed E-state index contributed by atoms with van der Waals surface area (Å²) in [5.74, 6) is 1.52. The van der Waals surface area contributed by atoms with Gasteiger partial charge in [0.2, 0.25) is 11.0 Å². The summed E-state index contributed by atoms with van der Waals surface area (Å²) in [7, 11) is 0. The fourth-order valence-corrected chi connectivity index (χ4v) is 4.99. The van der Waals surface area contributed by atoms with Crippen molar-refractivity contribution in [3.63, 3.8) is 0 Å². The SMILES string of the molecule is CC1CN(c2nc(Cc3ccccc3)ns2)CCN1C(=O)C1CCCCC1. The van der Waals surface area contributed by atoms with E-state index in [2.05, 4.69) is 33.2 Å². The summed E-state index contributed by atoms with van der Waals surface area (Å²) in [4.78, 5) is 22.1. The molecule has 2 aromatic rings. The van der Waals surface area contributed by atoms with Gasteiger partial charge < -0.3 is 9.80 Å². The Bertz CT molecular complexity index is 757. The molecule has 1 aromatic carbocycles. The molecule has 1 saturated heterocycles. The van der Waals surface area contributed by atoms with E-state index in [1.165, 1.54) is 36.4 Å². The van der Waals surface area contributed by atoms with E-state index in [1.807, 2.05) is 18.2 Å². The highest BCUT2D eigenvalue weighted by Gasteiger charge is 2.33. The highest BCUT2D eigenvalue weighted by molar-refractivity contribution is 7.09. The Morgan fingerprint density at radius 1 is 1.15 bits per heavy atom. The van der Waals surface area contributed by atoms with Gasteiger partial charge in [-0.05, 0) is 25.3 Å². The van der Waals surface area contributed by atoms with Gasteiger partial charge in [-0.3, -0.25) is 4.79 Å². The molecule has 5 nitrogen and oxygen atoms in total. The van der Waals surface area contributed by atoms with Crippen LogP contribution in [0.4, 0.5) is 5.13 Å². The monoisotopic (exact) mass is 384 g/mol. The van der Waals surface area contributed by atoms with Gasteiger partial charge in [-0.25, -0.2) is 4.98 Å². The number of nitrogens with zero attached hydrogens (tertiary/aromatic N) is 4. The summed E-state index contributed by atoms with van der Waals surface area (Å²) in [5.41, 5.74) is 1.23. The van der Waals surface area contributed by atoms with Crippen LogP contribution >= 0.6 is 11.5 Å². The molecule has 1 unspecified atom stereocenters. The number of aromatic nitrogens is 2. The van der Waals surface area contributed by atoms with Crippen molar-refractivity contribution in [3.05, 3.63) is 41.7 Å². The minimum absolute atomic E-state index is 0.231. The topological polar surface area (TPSA) is 49.3 Å². The van der Waals surface area contributed by atoms with E-state index >= 15 is 0 Å². The average molecular weight is 385 g/mol. The van der Waals surface area contributed by atoms with E-state index in [1.54, 1.807) is 0 Å². The number of piperazine rings is 1. The molecule has 0 N–H and O–H groups in total. The molecule has 27 heavy (non-hydrogen) atoms. The van der Waals surface area contributed by atoms with E-state index < -0.39 is 0 Å². The van der Waals surface area contributed by atoms with Gasteiger partial charge in [0.15, 0.2) is 0 Å². The molecule has 1 amide bonds. The average Bonchev–Trinajstić information content (AvgIpc) is 3.17. The summed E-state index contributed by atoms with van der Waals surface area (Å²) in [6, 6.07) is 10.6. The lowest BCUT2D eigenvalue weighted by Crippen LogP contribution is -2.55. The lowest BCUT2D eigenvalue weighted by molar-refractivity contribution is -0.139. The summed E-state index contributed by atoms with van der Waals surface area (Å²) in [6.07, 6.45) is 6.62. The summed E-state index contributed by atoms with van der Waals surface area (Å²) >= 11 is 1.48. The van der Waals surface area contributed by atoms with E-state index in [4.69, 9.17) is 4.98 Å². The minimum Gasteiger partial charge on any atom is -0.343 e. The zero-order valence-electron chi connectivity index (χ0n) is 16.0. The van der Waals surface area contributed by atoms with E-state index in [0.717, 1.165) is 49.9 Å². The van der Waals surface area contributed by atoms with Gasteiger partial charge in [-0.1, -0.05) is 49.6 Å². The van der Waals surface area contributed by atoms with Crippen LogP contribution in [0.1, 0.15) is 50.4 Å². The minimum atomic E-state index is 0.231. The van der Waals surface area contributed by atoms with Crippen LogP contribution in [0.5, 0.6) is 0 Å². The van der Waals surface area contributed by atoms with Gasteiger partial charge in [-0.2, -0.15) is 4.37 Å². The lowest BCUT2D eigenvalue weighted by Gasteiger charge is -2.41. The lowest BCUT2D eigenvalue weighted by atomic mass is 9.88. The molecule has 2 aliphatic rings. The fraction of sp³-hybridized carbons (Fsp3) is 0.571. The zero-order valence-corrected chi connectivity index (χ0v) is 16.8. The maximum Gasteiger partial charge on any atom is 0.226 e. The molecule has 0 radical (unpaired) electrons. The maximum absolute atomic E-state index is 12.9. The maximum atomic E-state index is 12.9. The first kappa shape index (κ1) is 18.4. The summed E-state index contributed by atoms with van der Waals surface area (Å²) < 4.78 is 4.55. The standard InChI is InChI=1S/C21H28N4OS/c1-16-15-24(12-13-25(16)20(26)18-10-6-3-7-11-18)21-22-19(23-27-21)14-17-8-4-2-5-9-17/h2,4-5,8-9,16,18H,3,6-7,10-15H2,1H3. The molecular formula is C21H28N4OS. The molecule has 6 heteroatoms. The Morgan fingerprint density at radius 2 is 1.93 bits per heavy atom. The molecular weight excluding hydrogens is 356 g/mol. The molecule has 144 valence electrons. The second kappa shape index (κ2) is 8.38. The first-order chi connectivity index (χ1) is 13.2. The van der Waals surface area contributed by atoms with Crippen molar-refractivity contribution < 1.29 is 4.79 Å². The molecule has 4 rings (SSSR count). The van der Waals surface area contributed by atoms with Crippen LogP contribution in [0.25, 0.3) is 0 Å². The van der Waals surface area contributed by atoms with Crippen molar-refractivity contribution in [2.45, 2.75) is 51.5 Å². The van der Waals surface area contributed by atoms with Gasteiger partial charge in [0.1, 0.15) is 5.82 Å². The normalized spacial score (nSPS) is 21.4. The quantitative estimate of drug-likeness (QED) is 0.806. The van der Waals surface area contributed by atoms with Crippen molar-refractivity contribution in [1.29, 1.82) is 0 Å². The van der Waals surface area contributed by atoms with Crippen molar-refractivity contribution in [3.8, 4) is 0 Å². The van der Waals surface area contributed by atoms with Gasteiger partial charge in [-0.15, -0.1) is 0 Å². The number of carbonyl (C=O) groups excluding carboxylic acids is 1. The molecule has 0 spiro atoms. The number of hydrogen-bond acceptors (Lipinski definition) is 5. The smallest absolute Gasteiger partial charge is 0.226 e. The fourth-order valence-electron chi connectivity index (χ4n) is 4.27. The number of hydrogen-bond donors (Lipinski definition) is 0. The largest absolute Gasteiger partial charge is 0.343 e. The number of rotatable bonds is 4. The van der Waals surface area contributed by atoms with Crippen molar-refractivity contribution in [2.24, 2.45) is 5.92 Å². The molecule has 1 aliphatic heterocycles. The Morgan fingerprint density at radius 3 is 2.67 bits per heavy atom. The van der Waals surface area contributed by atoms with Gasteiger partial charge in [0.05, 0.1) is 0 Å². The predicted molar refractivity (Wildman–Crippen MR) is 109 cm³/mol. The third kappa shape index (κ3) is 4.32. The van der Waals surface area contributed by atoms with Crippen LogP contribution in [0.15, 0.2) is 30.3 Å². The van der Waals surface area contributed by atoms with Crippen LogP contribution in [-0.4, -0.2) is 45.8 Å². The van der Waals surface area contributed by atoms with Crippen molar-refractivity contribution in [1.82, 2.24) is 14.3 Å². The number of anilines is 1. The van der Waals surface area contributed by atoms with Crippen molar-refractivity contribution >= 4 is 22.6 Å². The predicted octanol–water partition coefficient (Wildman–Crippen LogP) is 3.75. The molecule has 0 bridgehead atoms. The molecule has 1 aliphatic carbocycles. The Hall–Kier alpha value is -1.95. The number of amides is 1. The van der Waals surface area contributed by atoms with Gasteiger partial charge in [0, 0.05) is 49.5 Å². The Balaban J connectivity index is 1.36. The van der Waals surface area contributed by atoms with Crippen molar-refractivity contribution in [2.75, 3.05) is 24.5 Å². The molecule has 1 aromatic heterocycles. The summed E-state index contributed by atoms with van der Waals surface area (Å²) in [6.45, 7) is 4.66. The molecule has 1 atom stereocenters.